The molecule has 80 heavy (non-hydrogen) atoms. The molecule has 0 atom stereocenters. The molecule has 23 heteroatoms. The number of carbonyl (C=O) groups excluding carboxylic acids is 3. The van der Waals surface area contributed by atoms with Crippen molar-refractivity contribution in [2.24, 2.45) is 0 Å². The number of fused-ring (bicyclic) bond motifs is 6. The SMILES string of the molecule is CC1(C)C(/C=C/C=C/C=C/C=C2/N(CCCCS(=O)(=O)[O-])c3ccc4ccc(OCCCCCC(=O)ON5C(=O)CCC5=O)cc4c3C2(C)C)=[N+](CCCCS(=O)(=O)[O-])c2ccc3ccc(OCCCCS(=O)(=O)[O-])cc3c21.[Na+].[Na+]. The smallest absolute Gasteiger partial charge is 0.748 e. The Morgan fingerprint density at radius 1 is 0.613 bits per heavy atom. The van der Waals surface area contributed by atoms with Gasteiger partial charge in [-0.2, -0.15) is 4.58 Å². The van der Waals surface area contributed by atoms with E-state index in [1.807, 2.05) is 97.1 Å². The number of unbranched alkanes of at least 4 members (excludes halogenated alkanes) is 5. The van der Waals surface area contributed by atoms with Gasteiger partial charge in [0.25, 0.3) is 11.8 Å². The number of hydroxylamine groups is 2. The van der Waals surface area contributed by atoms with E-state index < -0.39 is 76.2 Å². The number of rotatable bonds is 28. The molecule has 4 aromatic rings. The van der Waals surface area contributed by atoms with Gasteiger partial charge in [0, 0.05) is 84.0 Å². The Morgan fingerprint density at radius 2 is 1.12 bits per heavy atom. The van der Waals surface area contributed by atoms with Crippen LogP contribution in [0, 0.1) is 0 Å². The third-order valence-electron chi connectivity index (χ3n) is 14.2. The van der Waals surface area contributed by atoms with Crippen LogP contribution in [0.5, 0.6) is 11.5 Å². The minimum Gasteiger partial charge on any atom is -0.748 e. The van der Waals surface area contributed by atoms with Crippen LogP contribution in [0.1, 0.15) is 116 Å². The molecule has 420 valence electrons. The summed E-state index contributed by atoms with van der Waals surface area (Å²) in [6.07, 6.45) is 17.5. The Kier molecular flexibility index (Phi) is 24.0. The summed E-state index contributed by atoms with van der Waals surface area (Å²) < 4.78 is 117. The first-order valence-corrected chi connectivity index (χ1v) is 31.0. The minimum atomic E-state index is -4.38. The van der Waals surface area contributed by atoms with Gasteiger partial charge in [0.2, 0.25) is 5.69 Å². The standard InChI is InChI=1S/C57H69N3O15S3.2Na/c1-56(2)49(58(32-12-16-36-76(64,65)66)47-28-24-41-22-26-43(39-45(41)54(47)56)73-34-14-8-11-21-53(63)75-60-51(61)30-31-52(60)62)19-9-6-5-7-10-20-50-57(3,4)55-46-40-44(74-35-15-18-38-78(70,71)72)27-23-42(46)25-29-48(55)59(50)33-13-17-37-77(67,68)69;;/h5-7,9-10,19-20,22-29,39-40H,8,11-18,21,30-38H2,1-4H3,(H2-,64,65,66,67,68,69,70,71,72);;/q;2*+1/p-2. The first kappa shape index (κ1) is 66.6. The molecule has 2 amide bonds. The number of hydrogen-bond acceptors (Lipinski definition) is 16. The average molecular weight is 1180 g/mol. The average Bonchev–Trinajstić information content (AvgIpc) is 3.77. The molecule has 0 aliphatic carbocycles. The Morgan fingerprint density at radius 3 is 1.73 bits per heavy atom. The van der Waals surface area contributed by atoms with Gasteiger partial charge in [0.15, 0.2) is 5.71 Å². The summed E-state index contributed by atoms with van der Waals surface area (Å²) in [5, 5.41) is 4.46. The van der Waals surface area contributed by atoms with Crippen LogP contribution in [-0.2, 0) is 60.4 Å². The molecule has 1 saturated heterocycles. The minimum absolute atomic E-state index is 0. The number of imide groups is 1. The molecule has 3 aliphatic heterocycles. The molecule has 0 unspecified atom stereocenters. The fraction of sp³-hybridized carbons (Fsp3) is 0.439. The number of benzene rings is 4. The molecule has 4 aromatic carbocycles. The van der Waals surface area contributed by atoms with Gasteiger partial charge in [0.1, 0.15) is 18.0 Å². The van der Waals surface area contributed by atoms with E-state index in [4.69, 9.17) is 14.3 Å². The maximum absolute atomic E-state index is 12.2. The Hall–Kier alpha value is -4.23. The number of nitrogens with zero attached hydrogens (tertiary/aromatic N) is 3. The maximum atomic E-state index is 12.2. The summed E-state index contributed by atoms with van der Waals surface area (Å²) in [7, 11) is -13.1. The summed E-state index contributed by atoms with van der Waals surface area (Å²) in [5.74, 6) is -1.79. The van der Waals surface area contributed by atoms with E-state index in [0.717, 1.165) is 55.5 Å². The second-order valence-corrected chi connectivity index (χ2v) is 25.3. The van der Waals surface area contributed by atoms with Crippen LogP contribution in [0.15, 0.2) is 109 Å². The van der Waals surface area contributed by atoms with Crippen LogP contribution in [0.25, 0.3) is 21.5 Å². The van der Waals surface area contributed by atoms with E-state index >= 15 is 0 Å². The third kappa shape index (κ3) is 17.7. The van der Waals surface area contributed by atoms with Gasteiger partial charge in [-0.25, -0.2) is 30.0 Å². The molecule has 18 nitrogen and oxygen atoms in total. The van der Waals surface area contributed by atoms with E-state index in [-0.39, 0.29) is 104 Å². The van der Waals surface area contributed by atoms with Crippen LogP contribution in [0.4, 0.5) is 11.4 Å². The summed E-state index contributed by atoms with van der Waals surface area (Å²) >= 11 is 0. The number of allylic oxidation sites excluding steroid dienone is 8. The van der Waals surface area contributed by atoms with E-state index in [9.17, 15) is 53.3 Å². The molecule has 0 saturated carbocycles. The Labute approximate surface area is 514 Å². The quantitative estimate of drug-likeness (QED) is 0.0198. The molecule has 7 rings (SSSR count). The number of anilines is 1. The van der Waals surface area contributed by atoms with Gasteiger partial charge >= 0.3 is 65.1 Å². The molecule has 0 N–H and O–H groups in total. The van der Waals surface area contributed by atoms with Crippen LogP contribution in [-0.4, -0.2) is 116 Å². The van der Waals surface area contributed by atoms with E-state index in [1.165, 1.54) is 0 Å². The molecule has 0 aromatic heterocycles. The number of carbonyl (C=O) groups is 3. The Bertz CT molecular complexity index is 3430. The largest absolute Gasteiger partial charge is 1.00 e. The van der Waals surface area contributed by atoms with Crippen molar-refractivity contribution in [3.05, 3.63) is 120 Å². The fourth-order valence-corrected chi connectivity index (χ4v) is 12.2. The van der Waals surface area contributed by atoms with Crippen molar-refractivity contribution in [2.45, 2.75) is 116 Å². The number of ether oxygens (including phenoxy) is 2. The van der Waals surface area contributed by atoms with Crippen LogP contribution in [0.3, 0.4) is 0 Å². The van der Waals surface area contributed by atoms with Gasteiger partial charge in [-0.05, 0) is 135 Å². The zero-order valence-electron chi connectivity index (χ0n) is 46.4. The monoisotopic (exact) mass is 1180 g/mol. The molecular formula is C57H67N3Na2O15S3. The van der Waals surface area contributed by atoms with Crippen LogP contribution < -0.4 is 73.5 Å². The first-order valence-electron chi connectivity index (χ1n) is 26.3. The molecule has 0 spiro atoms. The van der Waals surface area contributed by atoms with Crippen molar-refractivity contribution < 1.29 is 131 Å². The molecule has 3 heterocycles. The number of hydrogen-bond donors (Lipinski definition) is 0. The summed E-state index contributed by atoms with van der Waals surface area (Å²) in [6.45, 7) is 10.0. The van der Waals surface area contributed by atoms with Crippen molar-refractivity contribution in [2.75, 3.05) is 48.5 Å². The predicted molar refractivity (Wildman–Crippen MR) is 295 cm³/mol. The van der Waals surface area contributed by atoms with Gasteiger partial charge in [0.05, 0.1) is 49.0 Å². The molecule has 0 bridgehead atoms. The number of amides is 2. The van der Waals surface area contributed by atoms with Crippen LogP contribution in [0.2, 0.25) is 0 Å². The van der Waals surface area contributed by atoms with Gasteiger partial charge < -0.3 is 32.9 Å². The van der Waals surface area contributed by atoms with E-state index in [2.05, 4.69) is 43.2 Å². The van der Waals surface area contributed by atoms with Crippen molar-refractivity contribution in [3.8, 4) is 11.5 Å². The van der Waals surface area contributed by atoms with Crippen molar-refractivity contribution in [1.82, 2.24) is 5.06 Å². The topological polar surface area (TPSA) is 260 Å². The molecule has 3 aliphatic rings. The van der Waals surface area contributed by atoms with E-state index in [0.29, 0.717) is 74.8 Å². The summed E-state index contributed by atoms with van der Waals surface area (Å²) in [5.41, 5.74) is 4.83. The molecular weight excluding hydrogens is 1110 g/mol. The fourth-order valence-electron chi connectivity index (χ4n) is 10.5. The maximum Gasteiger partial charge on any atom is 1.00 e. The summed E-state index contributed by atoms with van der Waals surface area (Å²) in [6, 6.07) is 19.8. The van der Waals surface area contributed by atoms with Gasteiger partial charge in [-0.1, -0.05) is 62.4 Å². The third-order valence-corrected chi connectivity index (χ3v) is 16.6. The normalized spacial score (nSPS) is 16.6. The van der Waals surface area contributed by atoms with Gasteiger partial charge in [-0.3, -0.25) is 9.59 Å². The molecule has 1 fully saturated rings. The zero-order valence-corrected chi connectivity index (χ0v) is 52.9. The predicted octanol–water partition coefficient (Wildman–Crippen LogP) is 2.63. The van der Waals surface area contributed by atoms with Crippen molar-refractivity contribution >= 4 is 86.8 Å². The summed E-state index contributed by atoms with van der Waals surface area (Å²) in [4.78, 5) is 42.9. The van der Waals surface area contributed by atoms with Gasteiger partial charge in [-0.15, -0.1) is 5.06 Å². The van der Waals surface area contributed by atoms with Crippen molar-refractivity contribution in [3.63, 3.8) is 0 Å². The zero-order chi connectivity index (χ0) is 56.5. The van der Waals surface area contributed by atoms with Crippen LogP contribution >= 0.6 is 0 Å². The molecule has 0 radical (unpaired) electrons. The van der Waals surface area contributed by atoms with Crippen molar-refractivity contribution in [1.29, 1.82) is 0 Å². The first-order chi connectivity index (χ1) is 36.8. The second-order valence-electron chi connectivity index (χ2n) is 20.8. The Balaban J connectivity index is 0.00000588. The second kappa shape index (κ2) is 28.8. The van der Waals surface area contributed by atoms with E-state index in [1.54, 1.807) is 0 Å².